The summed E-state index contributed by atoms with van der Waals surface area (Å²) in [5.74, 6) is 0. The molecule has 23 heavy (non-hydrogen) atoms. The van der Waals surface area contributed by atoms with Crippen LogP contribution in [0.1, 0.15) is 16.7 Å². The standard InChI is InChI=1S/C16H14ClN3O2S/c17-15-3-1-2-11-10-20(7-6-14(11)15)16-5-4-13(23(19,21)22)8-12(16)9-18/h1-5,8H,6-7,10H2,(H2,19,21,22). The minimum atomic E-state index is -3.82. The molecule has 7 heteroatoms. The van der Waals surface area contributed by atoms with Gasteiger partial charge in [0, 0.05) is 18.1 Å². The van der Waals surface area contributed by atoms with Gasteiger partial charge in [0.25, 0.3) is 0 Å². The largest absolute Gasteiger partial charge is 0.366 e. The number of rotatable bonds is 2. The molecule has 0 bridgehead atoms. The first-order valence-electron chi connectivity index (χ1n) is 6.98. The van der Waals surface area contributed by atoms with Crippen molar-refractivity contribution in [1.29, 1.82) is 5.26 Å². The molecule has 118 valence electrons. The molecule has 0 spiro atoms. The Kier molecular flexibility index (Phi) is 4.02. The lowest BCUT2D eigenvalue weighted by molar-refractivity contribution is 0.597. The third-order valence-corrected chi connectivity index (χ3v) is 5.23. The van der Waals surface area contributed by atoms with Crippen molar-refractivity contribution < 1.29 is 8.42 Å². The van der Waals surface area contributed by atoms with Crippen LogP contribution in [0.15, 0.2) is 41.3 Å². The van der Waals surface area contributed by atoms with E-state index in [9.17, 15) is 13.7 Å². The van der Waals surface area contributed by atoms with Crippen molar-refractivity contribution in [3.05, 3.63) is 58.1 Å². The molecule has 1 aliphatic rings. The molecule has 0 aliphatic carbocycles. The van der Waals surface area contributed by atoms with Crippen LogP contribution in [0.2, 0.25) is 5.02 Å². The molecular weight excluding hydrogens is 334 g/mol. The first-order chi connectivity index (χ1) is 10.9. The lowest BCUT2D eigenvalue weighted by atomic mass is 9.98. The van der Waals surface area contributed by atoms with Gasteiger partial charge >= 0.3 is 0 Å². The number of hydrogen-bond donors (Lipinski definition) is 1. The van der Waals surface area contributed by atoms with Crippen LogP contribution in [0.25, 0.3) is 0 Å². The monoisotopic (exact) mass is 347 g/mol. The van der Waals surface area contributed by atoms with Gasteiger partial charge in [0.2, 0.25) is 10.0 Å². The van der Waals surface area contributed by atoms with E-state index in [4.69, 9.17) is 16.7 Å². The van der Waals surface area contributed by atoms with Crippen LogP contribution in [-0.2, 0) is 23.0 Å². The fourth-order valence-electron chi connectivity index (χ4n) is 2.83. The predicted octanol–water partition coefficient (Wildman–Crippen LogP) is 2.42. The Labute approximate surface area is 139 Å². The van der Waals surface area contributed by atoms with Crippen molar-refractivity contribution >= 4 is 27.3 Å². The summed E-state index contributed by atoms with van der Waals surface area (Å²) >= 11 is 6.21. The molecular formula is C16H14ClN3O2S. The zero-order valence-corrected chi connectivity index (χ0v) is 13.7. The van der Waals surface area contributed by atoms with E-state index in [0.29, 0.717) is 24.3 Å². The van der Waals surface area contributed by atoms with E-state index in [2.05, 4.69) is 6.07 Å². The molecule has 0 fully saturated rings. The second-order valence-electron chi connectivity index (χ2n) is 5.38. The van der Waals surface area contributed by atoms with Crippen molar-refractivity contribution in [2.45, 2.75) is 17.9 Å². The maximum atomic E-state index is 11.4. The average Bonchev–Trinajstić information content (AvgIpc) is 2.53. The SMILES string of the molecule is N#Cc1cc(S(N)(=O)=O)ccc1N1CCc2c(Cl)cccc2C1. The number of sulfonamides is 1. The molecule has 1 aliphatic heterocycles. The molecule has 2 N–H and O–H groups in total. The molecule has 0 saturated heterocycles. The third kappa shape index (κ3) is 3.04. The fraction of sp³-hybridized carbons (Fsp3) is 0.188. The van der Waals surface area contributed by atoms with Gasteiger partial charge in [-0.05, 0) is 41.8 Å². The molecule has 2 aromatic carbocycles. The Morgan fingerprint density at radius 3 is 2.74 bits per heavy atom. The number of fused-ring (bicyclic) bond motifs is 1. The lowest BCUT2D eigenvalue weighted by Gasteiger charge is -2.31. The molecule has 0 radical (unpaired) electrons. The fourth-order valence-corrected chi connectivity index (χ4v) is 3.65. The number of anilines is 1. The van der Waals surface area contributed by atoms with Crippen LogP contribution in [0.3, 0.4) is 0 Å². The zero-order valence-electron chi connectivity index (χ0n) is 12.2. The highest BCUT2D eigenvalue weighted by atomic mass is 35.5. The van der Waals surface area contributed by atoms with E-state index >= 15 is 0 Å². The second kappa shape index (κ2) is 5.85. The molecule has 1 heterocycles. The summed E-state index contributed by atoms with van der Waals surface area (Å²) in [5, 5.41) is 15.2. The summed E-state index contributed by atoms with van der Waals surface area (Å²) in [6.45, 7) is 1.33. The second-order valence-corrected chi connectivity index (χ2v) is 7.35. The van der Waals surface area contributed by atoms with E-state index in [1.807, 2.05) is 23.1 Å². The van der Waals surface area contributed by atoms with Crippen molar-refractivity contribution in [1.82, 2.24) is 0 Å². The number of nitrogens with two attached hydrogens (primary N) is 1. The highest BCUT2D eigenvalue weighted by molar-refractivity contribution is 7.89. The van der Waals surface area contributed by atoms with Crippen molar-refractivity contribution in [2.75, 3.05) is 11.4 Å². The Hall–Kier alpha value is -2.07. The quantitative estimate of drug-likeness (QED) is 0.903. The zero-order chi connectivity index (χ0) is 16.6. The van der Waals surface area contributed by atoms with Gasteiger partial charge in [-0.2, -0.15) is 5.26 Å². The van der Waals surface area contributed by atoms with Crippen LogP contribution in [-0.4, -0.2) is 15.0 Å². The minimum Gasteiger partial charge on any atom is -0.366 e. The molecule has 0 amide bonds. The highest BCUT2D eigenvalue weighted by Crippen LogP contribution is 2.31. The van der Waals surface area contributed by atoms with Gasteiger partial charge in [0.15, 0.2) is 0 Å². The Morgan fingerprint density at radius 2 is 2.04 bits per heavy atom. The van der Waals surface area contributed by atoms with Gasteiger partial charge in [0.05, 0.1) is 16.1 Å². The van der Waals surface area contributed by atoms with Gasteiger partial charge in [-0.25, -0.2) is 13.6 Å². The number of benzene rings is 2. The van der Waals surface area contributed by atoms with E-state index in [1.54, 1.807) is 6.07 Å². The number of hydrogen-bond acceptors (Lipinski definition) is 4. The molecule has 0 aromatic heterocycles. The van der Waals surface area contributed by atoms with Crippen molar-refractivity contribution in [3.63, 3.8) is 0 Å². The van der Waals surface area contributed by atoms with E-state index < -0.39 is 10.0 Å². The smallest absolute Gasteiger partial charge is 0.238 e. The lowest BCUT2D eigenvalue weighted by Crippen LogP contribution is -2.31. The predicted molar refractivity (Wildman–Crippen MR) is 88.7 cm³/mol. The highest BCUT2D eigenvalue weighted by Gasteiger charge is 2.21. The Morgan fingerprint density at radius 1 is 1.26 bits per heavy atom. The normalized spacial score (nSPS) is 14.2. The van der Waals surface area contributed by atoms with Gasteiger partial charge in [0.1, 0.15) is 6.07 Å². The van der Waals surface area contributed by atoms with Crippen LogP contribution in [0, 0.1) is 11.3 Å². The van der Waals surface area contributed by atoms with E-state index in [-0.39, 0.29) is 4.90 Å². The molecule has 0 atom stereocenters. The number of nitriles is 1. The molecule has 0 unspecified atom stereocenters. The van der Waals surface area contributed by atoms with Gasteiger partial charge in [-0.1, -0.05) is 23.7 Å². The van der Waals surface area contributed by atoms with Gasteiger partial charge < -0.3 is 4.90 Å². The van der Waals surface area contributed by atoms with Crippen LogP contribution in [0.5, 0.6) is 0 Å². The average molecular weight is 348 g/mol. The summed E-state index contributed by atoms with van der Waals surface area (Å²) < 4.78 is 22.9. The van der Waals surface area contributed by atoms with Crippen LogP contribution < -0.4 is 10.0 Å². The first kappa shape index (κ1) is 15.8. The van der Waals surface area contributed by atoms with Crippen LogP contribution >= 0.6 is 11.6 Å². The summed E-state index contributed by atoms with van der Waals surface area (Å²) in [6, 6.07) is 12.2. The summed E-state index contributed by atoms with van der Waals surface area (Å²) in [4.78, 5) is 1.99. The first-order valence-corrected chi connectivity index (χ1v) is 8.91. The molecule has 0 saturated carbocycles. The molecule has 5 nitrogen and oxygen atoms in total. The number of halogens is 1. The van der Waals surface area contributed by atoms with Crippen molar-refractivity contribution in [2.24, 2.45) is 5.14 Å². The third-order valence-electron chi connectivity index (χ3n) is 3.97. The van der Waals surface area contributed by atoms with Crippen molar-refractivity contribution in [3.8, 4) is 6.07 Å². The molecule has 2 aromatic rings. The van der Waals surface area contributed by atoms with Gasteiger partial charge in [-0.15, -0.1) is 0 Å². The Balaban J connectivity index is 1.99. The topological polar surface area (TPSA) is 87.2 Å². The summed E-state index contributed by atoms with van der Waals surface area (Å²) in [5.41, 5.74) is 3.24. The van der Waals surface area contributed by atoms with Crippen LogP contribution in [0.4, 0.5) is 5.69 Å². The summed E-state index contributed by atoms with van der Waals surface area (Å²) in [7, 11) is -3.82. The Bertz CT molecular complexity index is 919. The van der Waals surface area contributed by atoms with Gasteiger partial charge in [-0.3, -0.25) is 0 Å². The van der Waals surface area contributed by atoms with E-state index in [0.717, 1.165) is 22.6 Å². The minimum absolute atomic E-state index is 0.0572. The number of nitrogens with zero attached hydrogens (tertiary/aromatic N) is 2. The maximum absolute atomic E-state index is 11.4. The molecule has 3 rings (SSSR count). The number of primary sulfonamides is 1. The maximum Gasteiger partial charge on any atom is 0.238 e. The summed E-state index contributed by atoms with van der Waals surface area (Å²) in [6.07, 6.45) is 0.775. The van der Waals surface area contributed by atoms with E-state index in [1.165, 1.54) is 12.1 Å².